The second kappa shape index (κ2) is 5.81. The van der Waals surface area contributed by atoms with Crippen molar-refractivity contribution < 1.29 is 18.3 Å². The molecule has 0 aliphatic heterocycles. The van der Waals surface area contributed by atoms with Crippen molar-refractivity contribution in [2.75, 3.05) is 5.75 Å². The molecule has 0 aromatic heterocycles. The van der Waals surface area contributed by atoms with Gasteiger partial charge in [0.25, 0.3) is 0 Å². The lowest BCUT2D eigenvalue weighted by Gasteiger charge is -2.38. The minimum absolute atomic E-state index is 0.0691. The van der Waals surface area contributed by atoms with E-state index in [2.05, 4.69) is 0 Å². The van der Waals surface area contributed by atoms with E-state index < -0.39 is 20.6 Å². The normalized spacial score (nSPS) is 20.2. The van der Waals surface area contributed by atoms with Gasteiger partial charge in [-0.15, -0.1) is 0 Å². The van der Waals surface area contributed by atoms with E-state index in [1.165, 1.54) is 0 Å². The average Bonchev–Trinajstić information content (AvgIpc) is 2.25. The van der Waals surface area contributed by atoms with E-state index in [1.54, 1.807) is 20.8 Å². The van der Waals surface area contributed by atoms with Crippen LogP contribution in [0.25, 0.3) is 0 Å². The first-order valence-corrected chi connectivity index (χ1v) is 8.67. The van der Waals surface area contributed by atoms with Gasteiger partial charge in [-0.3, -0.25) is 4.79 Å². The molecule has 0 atom stereocenters. The molecule has 1 aliphatic carbocycles. The summed E-state index contributed by atoms with van der Waals surface area (Å²) in [5.74, 6) is -0.699. The Bertz CT molecular complexity index is 411. The second-order valence-corrected chi connectivity index (χ2v) is 9.57. The quantitative estimate of drug-likeness (QED) is 0.845. The highest BCUT2D eigenvalue weighted by atomic mass is 32.2. The third-order valence-electron chi connectivity index (χ3n) is 4.21. The molecule has 1 fully saturated rings. The molecule has 0 saturated heterocycles. The SMILES string of the molecule is CC(C)(C)S(=O)(=O)CC1(CCC(=O)O)CCCCC1. The summed E-state index contributed by atoms with van der Waals surface area (Å²) in [7, 11) is -3.20. The highest BCUT2D eigenvalue weighted by molar-refractivity contribution is 7.92. The lowest BCUT2D eigenvalue weighted by Crippen LogP contribution is -2.40. The van der Waals surface area contributed by atoms with Crippen molar-refractivity contribution in [3.8, 4) is 0 Å². The first kappa shape index (κ1) is 16.5. The molecule has 0 amide bonds. The topological polar surface area (TPSA) is 71.4 Å². The highest BCUT2D eigenvalue weighted by Crippen LogP contribution is 2.42. The molecule has 1 N–H and O–H groups in total. The summed E-state index contributed by atoms with van der Waals surface area (Å²) in [6, 6.07) is 0. The zero-order valence-electron chi connectivity index (χ0n) is 12.2. The Kier molecular flexibility index (Phi) is 5.04. The van der Waals surface area contributed by atoms with Crippen LogP contribution in [0.4, 0.5) is 0 Å². The van der Waals surface area contributed by atoms with E-state index in [0.717, 1.165) is 32.1 Å². The predicted octanol–water partition coefficient (Wildman–Crippen LogP) is 3.02. The fourth-order valence-corrected chi connectivity index (χ4v) is 4.43. The Hall–Kier alpha value is -0.580. The van der Waals surface area contributed by atoms with Crippen molar-refractivity contribution >= 4 is 15.8 Å². The van der Waals surface area contributed by atoms with E-state index in [-0.39, 0.29) is 17.6 Å². The van der Waals surface area contributed by atoms with Gasteiger partial charge in [-0.25, -0.2) is 8.42 Å². The number of rotatable bonds is 5. The summed E-state index contributed by atoms with van der Waals surface area (Å²) in [5, 5.41) is 8.87. The van der Waals surface area contributed by atoms with Crippen molar-refractivity contribution in [1.82, 2.24) is 0 Å². The third kappa shape index (κ3) is 4.48. The van der Waals surface area contributed by atoms with Crippen LogP contribution in [0.1, 0.15) is 65.7 Å². The van der Waals surface area contributed by atoms with Gasteiger partial charge in [0.15, 0.2) is 9.84 Å². The Morgan fingerprint density at radius 2 is 1.68 bits per heavy atom. The number of carboxylic acids is 1. The van der Waals surface area contributed by atoms with Crippen LogP contribution in [-0.2, 0) is 14.6 Å². The Balaban J connectivity index is 2.89. The maximum Gasteiger partial charge on any atom is 0.303 e. The van der Waals surface area contributed by atoms with Crippen molar-refractivity contribution in [3.63, 3.8) is 0 Å². The molecule has 4 nitrogen and oxygen atoms in total. The summed E-state index contributed by atoms with van der Waals surface area (Å²) in [5.41, 5.74) is -0.317. The monoisotopic (exact) mass is 290 g/mol. The van der Waals surface area contributed by atoms with Gasteiger partial charge in [0.1, 0.15) is 0 Å². The molecule has 0 radical (unpaired) electrons. The molecule has 1 aliphatic rings. The molecule has 0 bridgehead atoms. The van der Waals surface area contributed by atoms with Crippen molar-refractivity contribution in [2.24, 2.45) is 5.41 Å². The van der Waals surface area contributed by atoms with Crippen molar-refractivity contribution in [3.05, 3.63) is 0 Å². The van der Waals surface area contributed by atoms with Crippen LogP contribution >= 0.6 is 0 Å². The standard InChI is InChI=1S/C14H26O4S/c1-13(2,3)19(17,18)11-14(10-7-12(15)16)8-5-4-6-9-14/h4-11H2,1-3H3,(H,15,16). The summed E-state index contributed by atoms with van der Waals surface area (Å²) >= 11 is 0. The van der Waals surface area contributed by atoms with E-state index in [9.17, 15) is 13.2 Å². The van der Waals surface area contributed by atoms with Gasteiger partial charge in [0, 0.05) is 6.42 Å². The highest BCUT2D eigenvalue weighted by Gasteiger charge is 2.41. The van der Waals surface area contributed by atoms with Crippen molar-refractivity contribution in [1.29, 1.82) is 0 Å². The van der Waals surface area contributed by atoms with Gasteiger partial charge < -0.3 is 5.11 Å². The van der Waals surface area contributed by atoms with Crippen LogP contribution in [0.3, 0.4) is 0 Å². The lowest BCUT2D eigenvalue weighted by atomic mass is 9.72. The number of sulfone groups is 1. The summed E-state index contributed by atoms with van der Waals surface area (Å²) in [6.07, 6.45) is 5.39. The largest absolute Gasteiger partial charge is 0.481 e. The van der Waals surface area contributed by atoms with E-state index in [0.29, 0.717) is 6.42 Å². The Labute approximate surface area is 116 Å². The molecule has 1 rings (SSSR count). The molecule has 19 heavy (non-hydrogen) atoms. The Morgan fingerprint density at radius 1 is 1.16 bits per heavy atom. The van der Waals surface area contributed by atoms with E-state index >= 15 is 0 Å². The van der Waals surface area contributed by atoms with Gasteiger partial charge >= 0.3 is 5.97 Å². The lowest BCUT2D eigenvalue weighted by molar-refractivity contribution is -0.137. The number of carboxylic acid groups (broad SMARTS) is 1. The maximum atomic E-state index is 12.4. The van der Waals surface area contributed by atoms with Crippen molar-refractivity contribution in [2.45, 2.75) is 70.5 Å². The van der Waals surface area contributed by atoms with Gasteiger partial charge in [0.05, 0.1) is 10.5 Å². The fraction of sp³-hybridized carbons (Fsp3) is 0.929. The fourth-order valence-electron chi connectivity index (χ4n) is 2.76. The summed E-state index contributed by atoms with van der Waals surface area (Å²) in [4.78, 5) is 10.8. The summed E-state index contributed by atoms with van der Waals surface area (Å²) < 4.78 is 24.1. The molecule has 0 spiro atoms. The number of aliphatic carboxylic acids is 1. The number of hydrogen-bond acceptors (Lipinski definition) is 3. The Morgan fingerprint density at radius 3 is 2.11 bits per heavy atom. The second-order valence-electron chi connectivity index (χ2n) is 6.83. The maximum absolute atomic E-state index is 12.4. The van der Waals surface area contributed by atoms with Crippen LogP contribution in [0.5, 0.6) is 0 Å². The molecule has 0 aromatic rings. The van der Waals surface area contributed by atoms with Gasteiger partial charge in [-0.2, -0.15) is 0 Å². The van der Waals surface area contributed by atoms with E-state index in [1.807, 2.05) is 0 Å². The minimum Gasteiger partial charge on any atom is -0.481 e. The first-order chi connectivity index (χ1) is 8.58. The van der Waals surface area contributed by atoms with Crippen LogP contribution in [-0.4, -0.2) is 30.0 Å². The van der Waals surface area contributed by atoms with Crippen LogP contribution in [0, 0.1) is 5.41 Å². The van der Waals surface area contributed by atoms with Crippen LogP contribution in [0.2, 0.25) is 0 Å². The molecule has 0 unspecified atom stereocenters. The molecule has 5 heteroatoms. The first-order valence-electron chi connectivity index (χ1n) is 7.02. The summed E-state index contributed by atoms with van der Waals surface area (Å²) in [6.45, 7) is 5.15. The smallest absolute Gasteiger partial charge is 0.303 e. The van der Waals surface area contributed by atoms with E-state index in [4.69, 9.17) is 5.11 Å². The molecule has 112 valence electrons. The van der Waals surface area contributed by atoms with Gasteiger partial charge in [-0.05, 0) is 45.4 Å². The minimum atomic E-state index is -3.20. The number of hydrogen-bond donors (Lipinski definition) is 1. The van der Waals surface area contributed by atoms with Crippen LogP contribution < -0.4 is 0 Å². The zero-order valence-corrected chi connectivity index (χ0v) is 13.1. The third-order valence-corrected chi connectivity index (χ3v) is 7.07. The molecule has 1 saturated carbocycles. The van der Waals surface area contributed by atoms with Gasteiger partial charge in [0.2, 0.25) is 0 Å². The molecular formula is C14H26O4S. The van der Waals surface area contributed by atoms with Gasteiger partial charge in [-0.1, -0.05) is 19.3 Å². The number of carbonyl (C=O) groups is 1. The molecule has 0 aromatic carbocycles. The zero-order chi connectivity index (χ0) is 14.7. The average molecular weight is 290 g/mol. The molecule has 0 heterocycles. The molecular weight excluding hydrogens is 264 g/mol. The van der Waals surface area contributed by atoms with Crippen LogP contribution in [0.15, 0.2) is 0 Å². The predicted molar refractivity (Wildman–Crippen MR) is 75.9 cm³/mol.